The molecular weight excluding hydrogens is 587 g/mol. The predicted octanol–water partition coefficient (Wildman–Crippen LogP) is 7.33. The Labute approximate surface area is 266 Å². The average Bonchev–Trinajstić information content (AvgIpc) is 3.60. The number of hydrogen-bond donors (Lipinski definition) is 0. The van der Waals surface area contributed by atoms with Gasteiger partial charge in [0.05, 0.1) is 38.1 Å². The third kappa shape index (κ3) is 5.49. The average molecular weight is 621 g/mol. The number of fused-ring (bicyclic) bond motifs is 2. The number of carbonyl (C=O) groups excluding carboxylic acids is 2. The number of Topliss-reactive ketones (excluding diaryl/α,β-unsaturated/α-hetero) is 1. The Hall–Kier alpha value is -5.44. The van der Waals surface area contributed by atoms with Crippen molar-refractivity contribution in [1.82, 2.24) is 9.55 Å². The Morgan fingerprint density at radius 2 is 1.61 bits per heavy atom. The molecule has 0 amide bonds. The van der Waals surface area contributed by atoms with Crippen molar-refractivity contribution >= 4 is 34.3 Å². The first-order valence-corrected chi connectivity index (χ1v) is 14.8. The molecule has 6 rings (SSSR count). The molecule has 5 aromatic rings. The number of halogens is 1. The van der Waals surface area contributed by atoms with Gasteiger partial charge in [0, 0.05) is 28.0 Å². The van der Waals surface area contributed by atoms with Crippen LogP contribution in [-0.2, 0) is 11.2 Å². The summed E-state index contributed by atoms with van der Waals surface area (Å²) in [5.41, 5.74) is 7.02. The number of methoxy groups -OCH3 is 3. The Morgan fingerprint density at radius 1 is 0.913 bits per heavy atom. The van der Waals surface area contributed by atoms with Crippen LogP contribution in [0.15, 0.2) is 66.7 Å². The highest BCUT2D eigenvalue weighted by molar-refractivity contribution is 6.08. The lowest BCUT2D eigenvalue weighted by Crippen LogP contribution is -2.17. The van der Waals surface area contributed by atoms with Crippen molar-refractivity contribution in [2.45, 2.75) is 26.7 Å². The topological polar surface area (TPSA) is 88.9 Å². The number of ether oxygens (including phenoxy) is 4. The van der Waals surface area contributed by atoms with Crippen LogP contribution >= 0.6 is 0 Å². The first kappa shape index (κ1) is 30.6. The third-order valence-electron chi connectivity index (χ3n) is 8.32. The van der Waals surface area contributed by atoms with E-state index in [-0.39, 0.29) is 11.6 Å². The molecular formula is C37H33FN2O6. The number of aryl methyl sites for hydroxylation is 1. The molecule has 1 aliphatic rings. The van der Waals surface area contributed by atoms with Crippen LogP contribution in [0, 0.1) is 19.7 Å². The quantitative estimate of drug-likeness (QED) is 0.126. The van der Waals surface area contributed by atoms with Crippen molar-refractivity contribution in [3.05, 3.63) is 112 Å². The van der Waals surface area contributed by atoms with Crippen molar-refractivity contribution < 1.29 is 32.9 Å². The van der Waals surface area contributed by atoms with Gasteiger partial charge in [-0.05, 0) is 98.0 Å². The molecule has 0 fully saturated rings. The van der Waals surface area contributed by atoms with Gasteiger partial charge in [-0.3, -0.25) is 4.79 Å². The Kier molecular flexibility index (Phi) is 8.32. The number of esters is 1. The number of carbonyl (C=O) groups is 2. The van der Waals surface area contributed by atoms with E-state index >= 15 is 0 Å². The molecule has 0 aliphatic heterocycles. The van der Waals surface area contributed by atoms with Crippen molar-refractivity contribution in [1.29, 1.82) is 0 Å². The summed E-state index contributed by atoms with van der Waals surface area (Å²) < 4.78 is 37.6. The van der Waals surface area contributed by atoms with Crippen LogP contribution in [-0.4, -0.2) is 49.2 Å². The van der Waals surface area contributed by atoms with Crippen molar-refractivity contribution in [3.63, 3.8) is 0 Å². The molecule has 0 spiro atoms. The first-order chi connectivity index (χ1) is 22.2. The summed E-state index contributed by atoms with van der Waals surface area (Å²) in [4.78, 5) is 32.1. The molecule has 0 unspecified atom stereocenters. The summed E-state index contributed by atoms with van der Waals surface area (Å²) in [5.74, 6) is 0.322. The van der Waals surface area contributed by atoms with Gasteiger partial charge in [-0.25, -0.2) is 14.2 Å². The lowest BCUT2D eigenvalue weighted by Gasteiger charge is -2.14. The van der Waals surface area contributed by atoms with Crippen LogP contribution in [0.3, 0.4) is 0 Å². The van der Waals surface area contributed by atoms with Gasteiger partial charge in [0.1, 0.15) is 5.82 Å². The van der Waals surface area contributed by atoms with Crippen LogP contribution in [0.2, 0.25) is 0 Å². The zero-order chi connectivity index (χ0) is 32.5. The highest BCUT2D eigenvalue weighted by Gasteiger charge is 2.29. The van der Waals surface area contributed by atoms with Crippen molar-refractivity contribution in [2.75, 3.05) is 27.9 Å². The Morgan fingerprint density at radius 3 is 2.28 bits per heavy atom. The number of para-hydroxylation sites is 1. The van der Waals surface area contributed by atoms with E-state index in [1.165, 1.54) is 12.1 Å². The lowest BCUT2D eigenvalue weighted by molar-refractivity contribution is 0.0475. The largest absolute Gasteiger partial charge is 0.493 e. The van der Waals surface area contributed by atoms with E-state index in [1.54, 1.807) is 39.5 Å². The van der Waals surface area contributed by atoms with E-state index in [2.05, 4.69) is 0 Å². The summed E-state index contributed by atoms with van der Waals surface area (Å²) in [6.07, 6.45) is 3.25. The number of aromatic nitrogens is 2. The van der Waals surface area contributed by atoms with Crippen LogP contribution in [0.25, 0.3) is 28.2 Å². The van der Waals surface area contributed by atoms with E-state index in [0.717, 1.165) is 28.1 Å². The highest BCUT2D eigenvalue weighted by Crippen LogP contribution is 2.42. The second-order valence-electron chi connectivity index (χ2n) is 11.1. The number of allylic oxidation sites excluding steroid dienone is 1. The predicted molar refractivity (Wildman–Crippen MR) is 174 cm³/mol. The molecule has 234 valence electrons. The summed E-state index contributed by atoms with van der Waals surface area (Å²) in [7, 11) is 4.69. The van der Waals surface area contributed by atoms with E-state index in [9.17, 15) is 14.0 Å². The molecule has 46 heavy (non-hydrogen) atoms. The van der Waals surface area contributed by atoms with Gasteiger partial charge in [-0.2, -0.15) is 0 Å². The third-order valence-corrected chi connectivity index (χ3v) is 8.32. The van der Waals surface area contributed by atoms with E-state index in [1.807, 2.05) is 60.9 Å². The van der Waals surface area contributed by atoms with Crippen LogP contribution in [0.5, 0.6) is 17.2 Å². The van der Waals surface area contributed by atoms with Crippen LogP contribution < -0.4 is 14.2 Å². The van der Waals surface area contributed by atoms with Crippen LogP contribution in [0.1, 0.15) is 55.3 Å². The molecule has 0 atom stereocenters. The van der Waals surface area contributed by atoms with Gasteiger partial charge in [0.25, 0.3) is 0 Å². The van der Waals surface area contributed by atoms with Crippen molar-refractivity contribution in [2.24, 2.45) is 0 Å². The number of hydrogen-bond acceptors (Lipinski definition) is 7. The summed E-state index contributed by atoms with van der Waals surface area (Å²) >= 11 is 0. The van der Waals surface area contributed by atoms with Crippen molar-refractivity contribution in [3.8, 4) is 22.9 Å². The second kappa shape index (κ2) is 12.5. The number of benzene rings is 3. The SMILES string of the molecule is COc1cc(/C=C2\CCc3c2nc2ccccc2c3C(=O)OCC(=O)c2cc(C)n(-c3ccc(F)cc3)c2C)cc(OC)c1OC. The molecule has 9 heteroatoms. The first-order valence-electron chi connectivity index (χ1n) is 14.8. The minimum atomic E-state index is -0.579. The van der Waals surface area contributed by atoms with E-state index in [0.29, 0.717) is 63.5 Å². The van der Waals surface area contributed by atoms with Gasteiger partial charge in [-0.15, -0.1) is 0 Å². The number of ketones is 1. The van der Waals surface area contributed by atoms with Gasteiger partial charge in [0.2, 0.25) is 11.5 Å². The van der Waals surface area contributed by atoms with Gasteiger partial charge in [0.15, 0.2) is 18.1 Å². The van der Waals surface area contributed by atoms with Gasteiger partial charge in [-0.1, -0.05) is 18.2 Å². The van der Waals surface area contributed by atoms with Crippen LogP contribution in [0.4, 0.5) is 4.39 Å². The smallest absolute Gasteiger partial charge is 0.339 e. The van der Waals surface area contributed by atoms with E-state index < -0.39 is 12.6 Å². The Bertz CT molecular complexity index is 2000. The molecule has 2 heterocycles. The standard InChI is InChI=1S/C37H33FN2O6/c1-21-16-29(22(2)40(21)26-13-11-25(38)12-14-26)31(41)20-46-37(42)34-27-8-6-7-9-30(27)39-35-24(10-15-28(34)35)17-23-18-32(43-3)36(45-5)33(19-23)44-4/h6-9,11-14,16-19H,10,15,20H2,1-5H3/b24-17+. The minimum absolute atomic E-state index is 0.326. The number of pyridine rings is 1. The fourth-order valence-corrected chi connectivity index (χ4v) is 6.21. The van der Waals surface area contributed by atoms with Gasteiger partial charge < -0.3 is 23.5 Å². The number of nitrogens with zero attached hydrogens (tertiary/aromatic N) is 2. The molecule has 0 saturated carbocycles. The zero-order valence-electron chi connectivity index (χ0n) is 26.3. The monoisotopic (exact) mass is 620 g/mol. The zero-order valence-corrected chi connectivity index (χ0v) is 26.3. The fourth-order valence-electron chi connectivity index (χ4n) is 6.21. The molecule has 0 saturated heterocycles. The minimum Gasteiger partial charge on any atom is -0.493 e. The molecule has 0 N–H and O–H groups in total. The normalized spacial score (nSPS) is 13.1. The fraction of sp³-hybridized carbons (Fsp3) is 0.216. The second-order valence-corrected chi connectivity index (χ2v) is 11.1. The summed E-state index contributed by atoms with van der Waals surface area (Å²) in [6.45, 7) is 3.26. The van der Waals surface area contributed by atoms with E-state index in [4.69, 9.17) is 23.9 Å². The lowest BCUT2D eigenvalue weighted by atomic mass is 10.0. The molecule has 0 bridgehead atoms. The molecule has 8 nitrogen and oxygen atoms in total. The maximum absolute atomic E-state index is 13.8. The maximum atomic E-state index is 13.8. The molecule has 1 aliphatic carbocycles. The molecule has 0 radical (unpaired) electrons. The molecule has 3 aromatic carbocycles. The summed E-state index contributed by atoms with van der Waals surface area (Å²) in [5, 5.41) is 0.669. The maximum Gasteiger partial charge on any atom is 0.339 e. The number of rotatable bonds is 9. The summed E-state index contributed by atoms with van der Waals surface area (Å²) in [6, 6.07) is 19.0. The molecule has 2 aromatic heterocycles. The Balaban J connectivity index is 1.31. The van der Waals surface area contributed by atoms with Gasteiger partial charge >= 0.3 is 5.97 Å². The highest BCUT2D eigenvalue weighted by atomic mass is 19.1.